The van der Waals surface area contributed by atoms with Crippen LogP contribution in [0.4, 0.5) is 13.2 Å². The molecule has 0 radical (unpaired) electrons. The van der Waals surface area contributed by atoms with Crippen molar-refractivity contribution in [3.63, 3.8) is 0 Å². The lowest BCUT2D eigenvalue weighted by atomic mass is 9.99. The van der Waals surface area contributed by atoms with E-state index in [0.717, 1.165) is 9.87 Å². The molecule has 0 N–H and O–H groups in total. The second-order valence-corrected chi connectivity index (χ2v) is 24.3. The zero-order valence-corrected chi connectivity index (χ0v) is 41.1. The normalized spacial score (nSPS) is 13.0. The lowest BCUT2D eigenvalue weighted by molar-refractivity contribution is -0.645. The molecule has 4 aromatic rings. The van der Waals surface area contributed by atoms with E-state index in [-0.39, 0.29) is 73.2 Å². The van der Waals surface area contributed by atoms with Crippen LogP contribution in [0.2, 0.25) is 0 Å². The average Bonchev–Trinajstić information content (AvgIpc) is 3.20. The summed E-state index contributed by atoms with van der Waals surface area (Å²) in [6.07, 6.45) is 1.16. The monoisotopic (exact) mass is 1010 g/mol. The van der Waals surface area contributed by atoms with Gasteiger partial charge in [0, 0.05) is 31.5 Å². The minimum Gasteiger partial charge on any atom is -0.741 e. The van der Waals surface area contributed by atoms with E-state index < -0.39 is 69.5 Å². The third-order valence-electron chi connectivity index (χ3n) is 9.19. The Morgan fingerprint density at radius 1 is 0.682 bits per heavy atom. The molecule has 1 amide bonds. The summed E-state index contributed by atoms with van der Waals surface area (Å²) in [7, 11) is -18.5. The summed E-state index contributed by atoms with van der Waals surface area (Å²) in [5.41, 5.74) is -4.42. The molecule has 23 heteroatoms. The number of carbonyl (C=O) groups excluding carboxylic acids is 2. The Hall–Kier alpha value is -4.26. The number of alkyl halides is 3. The quantitative estimate of drug-likeness (QED) is 0.0227. The number of rotatable bonds is 20. The van der Waals surface area contributed by atoms with Gasteiger partial charge in [-0.25, -0.2) is 21.1 Å². The van der Waals surface area contributed by atoms with Crippen LogP contribution in [-0.2, 0) is 71.2 Å². The zero-order valence-electron chi connectivity index (χ0n) is 37.8. The highest BCUT2D eigenvalue weighted by molar-refractivity contribution is 7.89. The van der Waals surface area contributed by atoms with Crippen LogP contribution in [0.3, 0.4) is 0 Å². The maximum atomic E-state index is 15.0. The van der Waals surface area contributed by atoms with Gasteiger partial charge in [-0.1, -0.05) is 77.9 Å². The standard InChI is InChI=1S/C42H57N2O11S3.CHF3O3S/c1-8-53-38(45)21-13-16-32-22-24-33(25-23-32)58(51,52)44(27-15-29-57(49,50)55-31-42(5,6)7)40(46)39-34-17-9-11-19-36(34)43(37-20-12-10-18-35(37)39)26-14-28-56(47,48)54-30-41(2,3)4;2-1(3,4)8(5,6)7/h9-12,17-20,22-25H,8,13-16,21,26-31H2,1-7H3;(H,5,6,7)/q+1;/p-1. The Kier molecular flexibility index (Phi) is 19.3. The van der Waals surface area contributed by atoms with E-state index in [4.69, 9.17) is 26.1 Å². The lowest BCUT2D eigenvalue weighted by Crippen LogP contribution is -2.41. The van der Waals surface area contributed by atoms with E-state index in [1.54, 1.807) is 67.6 Å². The molecule has 16 nitrogen and oxygen atoms in total. The van der Waals surface area contributed by atoms with E-state index in [1.165, 1.54) is 12.1 Å². The maximum absolute atomic E-state index is 15.0. The molecule has 0 saturated carbocycles. The largest absolute Gasteiger partial charge is 0.741 e. The summed E-state index contributed by atoms with van der Waals surface area (Å²) in [6.45, 7) is 12.9. The van der Waals surface area contributed by atoms with Gasteiger partial charge in [-0.15, -0.1) is 0 Å². The molecule has 0 atom stereocenters. The highest BCUT2D eigenvalue weighted by atomic mass is 32.2. The Morgan fingerprint density at radius 3 is 1.58 bits per heavy atom. The number of nitrogens with zero attached hydrogens (tertiary/aromatic N) is 2. The maximum Gasteiger partial charge on any atom is 0.485 e. The van der Waals surface area contributed by atoms with Crippen LogP contribution in [-0.4, -0.2) is 97.8 Å². The average molecular weight is 1010 g/mol. The van der Waals surface area contributed by atoms with Crippen molar-refractivity contribution in [3.05, 3.63) is 83.9 Å². The van der Waals surface area contributed by atoms with Gasteiger partial charge in [0.25, 0.3) is 36.2 Å². The first kappa shape index (κ1) is 56.1. The predicted octanol–water partition coefficient (Wildman–Crippen LogP) is 6.61. The van der Waals surface area contributed by atoms with Crippen molar-refractivity contribution >= 4 is 74.1 Å². The number of aromatic nitrogens is 1. The molecule has 0 aliphatic rings. The van der Waals surface area contributed by atoms with Crippen molar-refractivity contribution in [3.8, 4) is 0 Å². The summed E-state index contributed by atoms with van der Waals surface area (Å²) in [5.74, 6) is -1.94. The van der Waals surface area contributed by atoms with Crippen molar-refractivity contribution in [2.75, 3.05) is 37.9 Å². The number of amides is 1. The fraction of sp³-hybridized carbons (Fsp3) is 0.512. The van der Waals surface area contributed by atoms with Crippen LogP contribution >= 0.6 is 0 Å². The number of hydrogen-bond donors (Lipinski definition) is 0. The van der Waals surface area contributed by atoms with Crippen LogP contribution < -0.4 is 4.57 Å². The van der Waals surface area contributed by atoms with Crippen LogP contribution in [0.25, 0.3) is 21.8 Å². The first-order chi connectivity index (χ1) is 30.3. The molecule has 0 spiro atoms. The minimum absolute atomic E-state index is 0.0433. The van der Waals surface area contributed by atoms with Crippen LogP contribution in [0.15, 0.2) is 77.7 Å². The van der Waals surface area contributed by atoms with Gasteiger partial charge in [-0.05, 0) is 66.8 Å². The van der Waals surface area contributed by atoms with Crippen molar-refractivity contribution in [1.29, 1.82) is 0 Å². The minimum atomic E-state index is -6.09. The number of fused-ring (bicyclic) bond motifs is 2. The van der Waals surface area contributed by atoms with Gasteiger partial charge in [-0.2, -0.15) is 34.6 Å². The topological polar surface area (TPSA) is 229 Å². The zero-order chi connectivity index (χ0) is 49.9. The number of sulfonamides is 1. The van der Waals surface area contributed by atoms with Crippen molar-refractivity contribution in [2.45, 2.75) is 97.5 Å². The lowest BCUT2D eigenvalue weighted by Gasteiger charge is -2.24. The molecule has 0 aliphatic heterocycles. The number of aryl methyl sites for hydroxylation is 2. The van der Waals surface area contributed by atoms with Crippen molar-refractivity contribution < 1.29 is 78.7 Å². The van der Waals surface area contributed by atoms with Gasteiger partial charge in [0.15, 0.2) is 16.7 Å². The highest BCUT2D eigenvalue weighted by Gasteiger charge is 2.37. The third-order valence-corrected chi connectivity index (χ3v) is 14.1. The van der Waals surface area contributed by atoms with Crippen LogP contribution in [0.5, 0.6) is 0 Å². The van der Waals surface area contributed by atoms with E-state index in [1.807, 2.05) is 46.1 Å². The van der Waals surface area contributed by atoms with Gasteiger partial charge in [0.1, 0.15) is 0 Å². The number of pyridine rings is 1. The van der Waals surface area contributed by atoms with Gasteiger partial charge in [-0.3, -0.25) is 18.0 Å². The van der Waals surface area contributed by atoms with Crippen LogP contribution in [0, 0.1) is 10.8 Å². The Bertz CT molecular complexity index is 2710. The molecule has 0 unspecified atom stereocenters. The molecular formula is C43H57F3N2O14S4. The number of carbonyl (C=O) groups is 2. The molecule has 4 rings (SSSR count). The number of hydrogen-bond acceptors (Lipinski definition) is 14. The molecule has 3 aromatic carbocycles. The molecule has 1 aromatic heterocycles. The summed E-state index contributed by atoms with van der Waals surface area (Å²) >= 11 is 0. The van der Waals surface area contributed by atoms with E-state index in [2.05, 4.69) is 0 Å². The molecule has 1 heterocycles. The fourth-order valence-electron chi connectivity index (χ4n) is 6.10. The first-order valence-corrected chi connectivity index (χ1v) is 26.7. The number of ether oxygens (including phenoxy) is 1. The summed E-state index contributed by atoms with van der Waals surface area (Å²) in [6, 6.07) is 20.0. The van der Waals surface area contributed by atoms with Gasteiger partial charge in [0.2, 0.25) is 11.0 Å². The summed E-state index contributed by atoms with van der Waals surface area (Å²) < 4.78 is 157. The van der Waals surface area contributed by atoms with Crippen LogP contribution in [0.1, 0.15) is 90.1 Å². The van der Waals surface area contributed by atoms with Crippen molar-refractivity contribution in [1.82, 2.24) is 4.31 Å². The Morgan fingerprint density at radius 2 is 1.14 bits per heavy atom. The van der Waals surface area contributed by atoms with Gasteiger partial charge < -0.3 is 9.29 Å². The number of esters is 1. The summed E-state index contributed by atoms with van der Waals surface area (Å²) in [4.78, 5) is 26.6. The van der Waals surface area contributed by atoms with Crippen molar-refractivity contribution in [2.24, 2.45) is 10.8 Å². The first-order valence-electron chi connectivity index (χ1n) is 20.7. The fourth-order valence-corrected chi connectivity index (χ4v) is 9.78. The van der Waals surface area contributed by atoms with Gasteiger partial charge in [0.05, 0.1) is 52.6 Å². The number of halogens is 3. The molecule has 0 saturated heterocycles. The smallest absolute Gasteiger partial charge is 0.485 e. The Labute approximate surface area is 385 Å². The molecule has 0 fully saturated rings. The predicted molar refractivity (Wildman–Crippen MR) is 239 cm³/mol. The SMILES string of the molecule is CCOC(=O)CCCc1ccc(S(=O)(=O)N(CCCS(=O)(=O)OCC(C)(C)C)C(=O)c2c3ccccc3[n+](CCCS(=O)(=O)OCC(C)(C)C)c3ccccc23)cc1.O=S(=O)([O-])C(F)(F)F. The molecule has 66 heavy (non-hydrogen) atoms. The van der Waals surface area contributed by atoms with E-state index in [0.29, 0.717) is 34.6 Å². The van der Waals surface area contributed by atoms with E-state index in [9.17, 15) is 48.0 Å². The molecule has 0 bridgehead atoms. The molecule has 368 valence electrons. The summed E-state index contributed by atoms with van der Waals surface area (Å²) in [5, 5.41) is 0.854. The number of benzene rings is 3. The second kappa shape index (κ2) is 22.7. The van der Waals surface area contributed by atoms with E-state index >= 15 is 0 Å². The molecule has 0 aliphatic carbocycles. The van der Waals surface area contributed by atoms with Gasteiger partial charge >= 0.3 is 11.5 Å². The Balaban J connectivity index is 0.00000132. The second-order valence-electron chi connectivity index (χ2n) is 17.5. The highest BCUT2D eigenvalue weighted by Crippen LogP contribution is 2.30. The molecular weight excluding hydrogens is 954 g/mol. The third kappa shape index (κ3) is 17.1. The number of para-hydroxylation sites is 2.